The maximum atomic E-state index is 13.0. The van der Waals surface area contributed by atoms with Crippen LogP contribution in [0.15, 0.2) is 64.3 Å². The van der Waals surface area contributed by atoms with E-state index in [1.165, 1.54) is 32.1 Å². The van der Waals surface area contributed by atoms with Crippen molar-refractivity contribution >= 4 is 11.2 Å². The Morgan fingerprint density at radius 3 is 2.50 bits per heavy atom. The highest BCUT2D eigenvalue weighted by Gasteiger charge is 2.20. The lowest BCUT2D eigenvalue weighted by molar-refractivity contribution is 0.478. The lowest BCUT2D eigenvalue weighted by Crippen LogP contribution is -2.31. The average Bonchev–Trinajstić information content (AvgIpc) is 3.49. The van der Waals surface area contributed by atoms with E-state index in [-0.39, 0.29) is 5.56 Å². The van der Waals surface area contributed by atoms with E-state index in [0.29, 0.717) is 30.7 Å². The first kappa shape index (κ1) is 22.3. The van der Waals surface area contributed by atoms with E-state index in [1.807, 2.05) is 41.0 Å². The van der Waals surface area contributed by atoms with Gasteiger partial charge in [-0.2, -0.15) is 0 Å². The highest BCUT2D eigenvalue weighted by atomic mass is 16.2. The van der Waals surface area contributed by atoms with Gasteiger partial charge in [-0.3, -0.25) is 19.3 Å². The highest BCUT2D eigenvalue weighted by Crippen LogP contribution is 2.29. The number of pyridine rings is 1. The molecule has 3 aromatic heterocycles. The molecule has 1 aliphatic rings. The summed E-state index contributed by atoms with van der Waals surface area (Å²) in [4.78, 5) is 37.6. The van der Waals surface area contributed by atoms with Crippen LogP contribution in [0.4, 0.5) is 0 Å². The summed E-state index contributed by atoms with van der Waals surface area (Å²) in [6.07, 6.45) is 10.7. The molecule has 0 atom stereocenters. The monoisotopic (exact) mass is 457 g/mol. The van der Waals surface area contributed by atoms with Crippen LogP contribution >= 0.6 is 0 Å². The summed E-state index contributed by atoms with van der Waals surface area (Å²) in [5, 5.41) is 0. The van der Waals surface area contributed by atoms with Crippen molar-refractivity contribution < 1.29 is 0 Å². The van der Waals surface area contributed by atoms with Crippen LogP contribution in [0, 0.1) is 5.92 Å². The molecule has 1 aromatic carbocycles. The maximum Gasteiger partial charge on any atom is 0.330 e. The minimum absolute atomic E-state index is 0.375. The van der Waals surface area contributed by atoms with E-state index >= 15 is 0 Å². The molecule has 34 heavy (non-hydrogen) atoms. The number of rotatable bonds is 9. The molecule has 1 fully saturated rings. The zero-order valence-electron chi connectivity index (χ0n) is 19.4. The predicted molar refractivity (Wildman–Crippen MR) is 133 cm³/mol. The molecule has 7 nitrogen and oxygen atoms in total. The van der Waals surface area contributed by atoms with Gasteiger partial charge in [0, 0.05) is 37.8 Å². The molecular weight excluding hydrogens is 426 g/mol. The van der Waals surface area contributed by atoms with E-state index in [9.17, 15) is 9.59 Å². The number of nitrogens with one attached hydrogen (secondary N) is 1. The molecule has 1 saturated carbocycles. The normalized spacial score (nSPS) is 14.2. The molecule has 0 amide bonds. The van der Waals surface area contributed by atoms with Crippen molar-refractivity contribution in [3.63, 3.8) is 0 Å². The third-order valence-electron chi connectivity index (χ3n) is 6.95. The van der Waals surface area contributed by atoms with Crippen molar-refractivity contribution in [1.82, 2.24) is 24.1 Å². The first-order chi connectivity index (χ1) is 16.7. The Hall–Kier alpha value is -3.48. The lowest BCUT2D eigenvalue weighted by atomic mass is 10.0. The summed E-state index contributed by atoms with van der Waals surface area (Å²) in [7, 11) is 0. The van der Waals surface area contributed by atoms with E-state index in [1.54, 1.807) is 10.8 Å². The van der Waals surface area contributed by atoms with Crippen LogP contribution in [0.25, 0.3) is 11.2 Å². The number of hydrogen-bond acceptors (Lipinski definition) is 4. The minimum atomic E-state index is -0.421. The molecule has 0 aliphatic heterocycles. The van der Waals surface area contributed by atoms with Crippen molar-refractivity contribution in [3.05, 3.63) is 92.6 Å². The third kappa shape index (κ3) is 4.88. The van der Waals surface area contributed by atoms with Gasteiger partial charge in [-0.15, -0.1) is 0 Å². The van der Waals surface area contributed by atoms with Crippen LogP contribution in [0.3, 0.4) is 0 Å². The van der Waals surface area contributed by atoms with Crippen LogP contribution in [-0.4, -0.2) is 24.1 Å². The molecule has 1 N–H and O–H groups in total. The van der Waals surface area contributed by atoms with Crippen molar-refractivity contribution in [3.8, 4) is 0 Å². The number of aryl methyl sites for hydroxylation is 3. The Morgan fingerprint density at radius 1 is 0.941 bits per heavy atom. The van der Waals surface area contributed by atoms with Gasteiger partial charge in [0.15, 0.2) is 11.2 Å². The molecule has 0 spiro atoms. The fourth-order valence-electron chi connectivity index (χ4n) is 5.17. The Morgan fingerprint density at radius 2 is 1.74 bits per heavy atom. The Kier molecular flexibility index (Phi) is 6.70. The summed E-state index contributed by atoms with van der Waals surface area (Å²) < 4.78 is 3.60. The van der Waals surface area contributed by atoms with Crippen molar-refractivity contribution in [2.45, 2.75) is 64.5 Å². The zero-order valence-corrected chi connectivity index (χ0v) is 19.4. The van der Waals surface area contributed by atoms with E-state index in [2.05, 4.69) is 22.1 Å². The van der Waals surface area contributed by atoms with Gasteiger partial charge < -0.3 is 4.57 Å². The smallest absolute Gasteiger partial charge is 0.318 e. The van der Waals surface area contributed by atoms with Crippen molar-refractivity contribution in [2.24, 2.45) is 5.92 Å². The Labute approximate surface area is 198 Å². The number of imidazole rings is 1. The minimum Gasteiger partial charge on any atom is -0.318 e. The topological polar surface area (TPSA) is 85.6 Å². The number of H-pyrrole nitrogens is 1. The molecule has 5 rings (SSSR count). The largest absolute Gasteiger partial charge is 0.330 e. The molecule has 3 heterocycles. The summed E-state index contributed by atoms with van der Waals surface area (Å²) in [6.45, 7) is 0.963. The van der Waals surface area contributed by atoms with Crippen LogP contribution in [0.2, 0.25) is 0 Å². The van der Waals surface area contributed by atoms with E-state index in [4.69, 9.17) is 4.98 Å². The standard InChI is InChI=1S/C27H31N5O2/c33-26-24-25(31(27(34)30-26)18-16-22-14-6-7-17-28-22)29-23(15-8-13-20-9-4-5-10-20)32(24)19-21-11-2-1-3-12-21/h1-3,6-7,11-12,14,17,20H,4-5,8-10,13,15-16,18-19H2,(H,30,33,34). The SMILES string of the molecule is O=c1[nH]c(=O)n(CCc2ccccn2)c2nc(CCCC3CCCC3)n(Cc3ccccc3)c12. The number of fused-ring (bicyclic) bond motifs is 1. The second kappa shape index (κ2) is 10.2. The van der Waals surface area contributed by atoms with Gasteiger partial charge in [-0.05, 0) is 30.0 Å². The maximum absolute atomic E-state index is 13.0. The fourth-order valence-corrected chi connectivity index (χ4v) is 5.17. The van der Waals surface area contributed by atoms with Crippen molar-refractivity contribution in [1.29, 1.82) is 0 Å². The molecule has 0 radical (unpaired) electrons. The Bertz CT molecular complexity index is 1350. The van der Waals surface area contributed by atoms with Gasteiger partial charge in [0.05, 0.1) is 0 Å². The van der Waals surface area contributed by atoms with Gasteiger partial charge in [0.2, 0.25) is 0 Å². The first-order valence-electron chi connectivity index (χ1n) is 12.3. The molecule has 0 saturated heterocycles. The number of aromatic nitrogens is 5. The number of nitrogens with zero attached hydrogens (tertiary/aromatic N) is 4. The molecule has 0 bridgehead atoms. The van der Waals surface area contributed by atoms with Gasteiger partial charge >= 0.3 is 5.69 Å². The summed E-state index contributed by atoms with van der Waals surface area (Å²) >= 11 is 0. The van der Waals surface area contributed by atoms with Crippen LogP contribution in [-0.2, 0) is 25.9 Å². The number of benzene rings is 1. The summed E-state index contributed by atoms with van der Waals surface area (Å²) in [5.74, 6) is 1.69. The van der Waals surface area contributed by atoms with Crippen LogP contribution < -0.4 is 11.2 Å². The first-order valence-corrected chi connectivity index (χ1v) is 12.3. The van der Waals surface area contributed by atoms with E-state index < -0.39 is 5.69 Å². The molecule has 1 aliphatic carbocycles. The molecule has 0 unspecified atom stereocenters. The van der Waals surface area contributed by atoms with Gasteiger partial charge in [-0.25, -0.2) is 9.78 Å². The molecule has 4 aromatic rings. The highest BCUT2D eigenvalue weighted by molar-refractivity contribution is 5.71. The van der Waals surface area contributed by atoms with Gasteiger partial charge in [-0.1, -0.05) is 68.5 Å². The van der Waals surface area contributed by atoms with Crippen LogP contribution in [0.1, 0.15) is 55.6 Å². The van der Waals surface area contributed by atoms with Gasteiger partial charge in [0.1, 0.15) is 5.82 Å². The number of aromatic amines is 1. The summed E-state index contributed by atoms with van der Waals surface area (Å²) in [6, 6.07) is 15.8. The predicted octanol–water partition coefficient (Wildman–Crippen LogP) is 4.09. The number of hydrogen-bond donors (Lipinski definition) is 1. The lowest BCUT2D eigenvalue weighted by Gasteiger charge is -2.11. The quantitative estimate of drug-likeness (QED) is 0.410. The second-order valence-electron chi connectivity index (χ2n) is 9.30. The van der Waals surface area contributed by atoms with Gasteiger partial charge in [0.25, 0.3) is 5.56 Å². The Balaban J connectivity index is 1.51. The van der Waals surface area contributed by atoms with Crippen molar-refractivity contribution in [2.75, 3.05) is 0 Å². The average molecular weight is 458 g/mol. The molecular formula is C27H31N5O2. The van der Waals surface area contributed by atoms with Crippen LogP contribution in [0.5, 0.6) is 0 Å². The molecule has 176 valence electrons. The molecule has 7 heteroatoms. The fraction of sp³-hybridized carbons (Fsp3) is 0.407. The zero-order chi connectivity index (χ0) is 23.3. The third-order valence-corrected chi connectivity index (χ3v) is 6.95. The van der Waals surface area contributed by atoms with E-state index in [0.717, 1.165) is 35.8 Å². The summed E-state index contributed by atoms with van der Waals surface area (Å²) in [5.41, 5.74) is 2.14. The second-order valence-corrected chi connectivity index (χ2v) is 9.30.